The average molecular weight is 228 g/mol. The Hall–Kier alpha value is -1.94. The summed E-state index contributed by atoms with van der Waals surface area (Å²) in [6, 6.07) is 7.82. The van der Waals surface area contributed by atoms with Gasteiger partial charge in [0, 0.05) is 21.7 Å². The van der Waals surface area contributed by atoms with Gasteiger partial charge in [-0.1, -0.05) is 18.2 Å². The minimum absolute atomic E-state index is 0.0287. The van der Waals surface area contributed by atoms with Crippen molar-refractivity contribution in [1.82, 2.24) is 4.98 Å². The molecule has 0 saturated heterocycles. The molecule has 0 aliphatic carbocycles. The highest BCUT2D eigenvalue weighted by Gasteiger charge is 2.12. The highest BCUT2D eigenvalue weighted by Crippen LogP contribution is 2.38. The lowest BCUT2D eigenvalue weighted by Crippen LogP contribution is -1.86. The summed E-state index contributed by atoms with van der Waals surface area (Å²) in [5, 5.41) is 11.8. The Bertz CT molecular complexity index is 703. The van der Waals surface area contributed by atoms with Crippen LogP contribution < -0.4 is 0 Å². The van der Waals surface area contributed by atoms with Gasteiger partial charge in [-0.25, -0.2) is 4.98 Å². The fraction of sp³-hybridized carbons (Fsp3) is 0. The summed E-state index contributed by atoms with van der Waals surface area (Å²) in [4.78, 5) is 14.4. The van der Waals surface area contributed by atoms with Crippen molar-refractivity contribution in [3.8, 4) is 5.75 Å². The number of thiophene rings is 1. The molecule has 0 unspecified atom stereocenters. The van der Waals surface area contributed by atoms with Crippen molar-refractivity contribution in [3.63, 3.8) is 0 Å². The average Bonchev–Trinajstić information content (AvgIpc) is 2.69. The van der Waals surface area contributed by atoms with Gasteiger partial charge in [-0.05, 0) is 6.07 Å². The lowest BCUT2D eigenvalue weighted by Gasteiger charge is -1.96. The van der Waals surface area contributed by atoms with Crippen LogP contribution in [0, 0.1) is 0 Å². The van der Waals surface area contributed by atoms with Crippen LogP contribution in [0.5, 0.6) is 5.75 Å². The van der Waals surface area contributed by atoms with Crippen LogP contribution in [-0.4, -0.2) is 16.4 Å². The molecule has 0 amide bonds. The zero-order valence-electron chi connectivity index (χ0n) is 8.10. The molecule has 4 heteroatoms. The van der Waals surface area contributed by atoms with E-state index in [1.807, 2.05) is 24.3 Å². The van der Waals surface area contributed by atoms with Crippen LogP contribution in [0.2, 0.25) is 0 Å². The molecule has 2 heterocycles. The SMILES string of the molecule is O=[C]c1ncc2c(sc3ccccc32)c1O. The zero-order chi connectivity index (χ0) is 11.1. The minimum Gasteiger partial charge on any atom is -0.504 e. The second-order valence-electron chi connectivity index (χ2n) is 3.40. The zero-order valence-corrected chi connectivity index (χ0v) is 8.91. The monoisotopic (exact) mass is 228 g/mol. The van der Waals surface area contributed by atoms with E-state index in [9.17, 15) is 9.90 Å². The molecule has 0 aliphatic heterocycles. The number of carbonyl (C=O) groups excluding carboxylic acids is 1. The summed E-state index contributed by atoms with van der Waals surface area (Å²) in [6.45, 7) is 0. The van der Waals surface area contributed by atoms with Gasteiger partial charge in [0.2, 0.25) is 0 Å². The van der Waals surface area contributed by atoms with Crippen LogP contribution in [0.4, 0.5) is 0 Å². The minimum atomic E-state index is -0.0753. The summed E-state index contributed by atoms with van der Waals surface area (Å²) in [6.07, 6.45) is 3.23. The molecule has 16 heavy (non-hydrogen) atoms. The molecule has 0 atom stereocenters. The van der Waals surface area contributed by atoms with Crippen molar-refractivity contribution in [2.45, 2.75) is 0 Å². The number of hydrogen-bond acceptors (Lipinski definition) is 4. The molecule has 2 aromatic heterocycles. The summed E-state index contributed by atoms with van der Waals surface area (Å²) in [7, 11) is 0. The Balaban J connectivity index is 2.54. The van der Waals surface area contributed by atoms with Crippen LogP contribution in [-0.2, 0) is 4.79 Å². The van der Waals surface area contributed by atoms with Gasteiger partial charge >= 0.3 is 0 Å². The summed E-state index contributed by atoms with van der Waals surface area (Å²) >= 11 is 1.45. The predicted octanol–water partition coefficient (Wildman–Crippen LogP) is 2.61. The maximum absolute atomic E-state index is 10.5. The number of benzene rings is 1. The molecule has 3 rings (SSSR count). The standard InChI is InChI=1S/C12H6NO2S/c14-6-9-11(15)12-8(5-13-9)7-3-1-2-4-10(7)16-12/h1-5,15H. The molecule has 1 N–H and O–H groups in total. The number of hydrogen-bond donors (Lipinski definition) is 1. The highest BCUT2D eigenvalue weighted by molar-refractivity contribution is 7.26. The first-order valence-corrected chi connectivity index (χ1v) is 5.50. The molecule has 0 spiro atoms. The molecular weight excluding hydrogens is 222 g/mol. The van der Waals surface area contributed by atoms with Crippen LogP contribution in [0.1, 0.15) is 5.69 Å². The summed E-state index contributed by atoms with van der Waals surface area (Å²) in [5.74, 6) is -0.0753. The smallest absolute Gasteiger partial charge is 0.257 e. The first-order chi connectivity index (χ1) is 7.81. The van der Waals surface area contributed by atoms with Gasteiger partial charge in [-0.2, -0.15) is 0 Å². The van der Waals surface area contributed by atoms with Crippen molar-refractivity contribution in [2.75, 3.05) is 0 Å². The summed E-state index contributed by atoms with van der Waals surface area (Å²) < 4.78 is 1.76. The van der Waals surface area contributed by atoms with E-state index >= 15 is 0 Å². The van der Waals surface area contributed by atoms with E-state index in [-0.39, 0.29) is 11.4 Å². The van der Waals surface area contributed by atoms with E-state index in [0.29, 0.717) is 4.70 Å². The fourth-order valence-electron chi connectivity index (χ4n) is 1.74. The maximum atomic E-state index is 10.5. The van der Waals surface area contributed by atoms with Crippen molar-refractivity contribution in [3.05, 3.63) is 36.2 Å². The number of rotatable bonds is 1. The van der Waals surface area contributed by atoms with Gasteiger partial charge < -0.3 is 5.11 Å². The van der Waals surface area contributed by atoms with Gasteiger partial charge in [-0.3, -0.25) is 4.79 Å². The van der Waals surface area contributed by atoms with Crippen LogP contribution in [0.15, 0.2) is 30.5 Å². The number of fused-ring (bicyclic) bond motifs is 3. The molecule has 0 fully saturated rings. The maximum Gasteiger partial charge on any atom is 0.257 e. The van der Waals surface area contributed by atoms with Crippen molar-refractivity contribution in [2.24, 2.45) is 0 Å². The molecule has 0 aliphatic rings. The van der Waals surface area contributed by atoms with Gasteiger partial charge in [0.05, 0.1) is 4.70 Å². The second kappa shape index (κ2) is 3.28. The number of pyridine rings is 1. The van der Waals surface area contributed by atoms with E-state index < -0.39 is 0 Å². The Morgan fingerprint density at radius 2 is 2.06 bits per heavy atom. The molecule has 1 aromatic carbocycles. The van der Waals surface area contributed by atoms with Crippen molar-refractivity contribution < 1.29 is 9.90 Å². The normalized spacial score (nSPS) is 11.0. The molecule has 3 nitrogen and oxygen atoms in total. The van der Waals surface area contributed by atoms with E-state index in [2.05, 4.69) is 4.98 Å². The van der Waals surface area contributed by atoms with E-state index in [0.717, 1.165) is 15.5 Å². The summed E-state index contributed by atoms with van der Waals surface area (Å²) in [5.41, 5.74) is -0.0287. The first-order valence-electron chi connectivity index (χ1n) is 4.68. The first kappa shape index (κ1) is 9.30. The molecule has 1 radical (unpaired) electrons. The third-order valence-electron chi connectivity index (χ3n) is 2.49. The lowest BCUT2D eigenvalue weighted by molar-refractivity contribution is 0.476. The third kappa shape index (κ3) is 1.13. The van der Waals surface area contributed by atoms with E-state index in [1.54, 1.807) is 12.5 Å². The molecule has 3 aromatic rings. The fourth-order valence-corrected chi connectivity index (χ4v) is 2.86. The molecular formula is C12H6NO2S. The van der Waals surface area contributed by atoms with E-state index in [1.165, 1.54) is 11.3 Å². The second-order valence-corrected chi connectivity index (χ2v) is 4.45. The topological polar surface area (TPSA) is 50.2 Å². The molecule has 0 bridgehead atoms. The van der Waals surface area contributed by atoms with Gasteiger partial charge in [0.1, 0.15) is 0 Å². The third-order valence-corrected chi connectivity index (χ3v) is 3.69. The van der Waals surface area contributed by atoms with Crippen LogP contribution in [0.25, 0.3) is 20.2 Å². The van der Waals surface area contributed by atoms with Gasteiger partial charge in [-0.15, -0.1) is 11.3 Å². The number of nitrogens with zero attached hydrogens (tertiary/aromatic N) is 1. The van der Waals surface area contributed by atoms with Crippen molar-refractivity contribution >= 4 is 37.8 Å². The Morgan fingerprint density at radius 3 is 2.88 bits per heavy atom. The van der Waals surface area contributed by atoms with Crippen LogP contribution >= 0.6 is 11.3 Å². The largest absolute Gasteiger partial charge is 0.504 e. The Labute approximate surface area is 95.0 Å². The quantitative estimate of drug-likeness (QED) is 0.696. The van der Waals surface area contributed by atoms with Gasteiger partial charge in [0.25, 0.3) is 6.29 Å². The van der Waals surface area contributed by atoms with Gasteiger partial charge in [0.15, 0.2) is 11.4 Å². The Kier molecular flexibility index (Phi) is 1.91. The highest BCUT2D eigenvalue weighted by atomic mass is 32.1. The van der Waals surface area contributed by atoms with Crippen molar-refractivity contribution in [1.29, 1.82) is 0 Å². The molecule has 0 saturated carbocycles. The predicted molar refractivity (Wildman–Crippen MR) is 63.6 cm³/mol. The van der Waals surface area contributed by atoms with Crippen LogP contribution in [0.3, 0.4) is 0 Å². The Morgan fingerprint density at radius 1 is 1.25 bits per heavy atom. The lowest BCUT2D eigenvalue weighted by atomic mass is 10.2. The molecule has 77 valence electrons. The number of aromatic hydroxyl groups is 1. The number of aromatic nitrogens is 1. The van der Waals surface area contributed by atoms with E-state index in [4.69, 9.17) is 0 Å².